The zero-order valence-electron chi connectivity index (χ0n) is 12.4. The van der Waals surface area contributed by atoms with Crippen LogP contribution in [0.4, 0.5) is 5.69 Å². The van der Waals surface area contributed by atoms with Crippen LogP contribution in [-0.2, 0) is 5.54 Å². The molecule has 0 spiro atoms. The van der Waals surface area contributed by atoms with Crippen LogP contribution in [0.5, 0.6) is 0 Å². The Morgan fingerprint density at radius 1 is 0.696 bits per heavy atom. The minimum atomic E-state index is -1.46. The largest absolute Gasteiger partial charge is 0.399 e. The van der Waals surface area contributed by atoms with Crippen molar-refractivity contribution in [3.63, 3.8) is 0 Å². The predicted molar refractivity (Wildman–Crippen MR) is 90.6 cm³/mol. The summed E-state index contributed by atoms with van der Waals surface area (Å²) in [6.45, 7) is 0. The van der Waals surface area contributed by atoms with Gasteiger partial charge in [0.15, 0.2) is 0 Å². The highest BCUT2D eigenvalue weighted by Gasteiger charge is 2.48. The molecule has 0 aromatic heterocycles. The molecule has 2 N–H and O–H groups in total. The minimum absolute atomic E-state index is 0.233. The molecule has 0 aliphatic carbocycles. The van der Waals surface area contributed by atoms with Gasteiger partial charge in [-0.3, -0.25) is 10.1 Å². The van der Waals surface area contributed by atoms with Crippen molar-refractivity contribution in [2.24, 2.45) is 0 Å². The molecule has 0 aliphatic rings. The molecular weight excluding hydrogens is 288 g/mol. The van der Waals surface area contributed by atoms with Gasteiger partial charge in [0, 0.05) is 27.3 Å². The van der Waals surface area contributed by atoms with Crippen LogP contribution in [0.1, 0.15) is 16.7 Å². The second kappa shape index (κ2) is 5.93. The summed E-state index contributed by atoms with van der Waals surface area (Å²) in [7, 11) is 0. The van der Waals surface area contributed by atoms with E-state index in [4.69, 9.17) is 5.73 Å². The zero-order chi connectivity index (χ0) is 16.3. The van der Waals surface area contributed by atoms with Crippen molar-refractivity contribution >= 4 is 5.69 Å². The third kappa shape index (κ3) is 2.44. The lowest BCUT2D eigenvalue weighted by Crippen LogP contribution is -2.38. The molecule has 0 radical (unpaired) electrons. The van der Waals surface area contributed by atoms with Crippen molar-refractivity contribution in [3.05, 3.63) is 112 Å². The molecule has 4 heteroatoms. The Kier molecular flexibility index (Phi) is 3.81. The predicted octanol–water partition coefficient (Wildman–Crippen LogP) is 3.84. The number of hydrogen-bond donors (Lipinski definition) is 1. The average Bonchev–Trinajstić information content (AvgIpc) is 2.59. The quantitative estimate of drug-likeness (QED) is 0.344. The number of nitrogens with zero attached hydrogens (tertiary/aromatic N) is 1. The van der Waals surface area contributed by atoms with Gasteiger partial charge in [-0.05, 0) is 24.3 Å². The van der Waals surface area contributed by atoms with Crippen molar-refractivity contribution in [3.8, 4) is 0 Å². The van der Waals surface area contributed by atoms with Crippen molar-refractivity contribution in [2.75, 3.05) is 5.73 Å². The summed E-state index contributed by atoms with van der Waals surface area (Å²) in [4.78, 5) is 12.0. The van der Waals surface area contributed by atoms with E-state index in [1.165, 1.54) is 0 Å². The van der Waals surface area contributed by atoms with Gasteiger partial charge >= 0.3 is 0 Å². The summed E-state index contributed by atoms with van der Waals surface area (Å²) in [6.07, 6.45) is 0. The van der Waals surface area contributed by atoms with E-state index in [1.54, 1.807) is 48.5 Å². The van der Waals surface area contributed by atoms with Crippen LogP contribution in [0.2, 0.25) is 0 Å². The standard InChI is InChI=1S/C19H16N2O2/c20-18-13-11-17(12-14-18)19(21(22)23,15-7-3-1-4-8-15)16-9-5-2-6-10-16/h1-14H,20H2. The summed E-state index contributed by atoms with van der Waals surface area (Å²) in [6, 6.07) is 24.9. The van der Waals surface area contributed by atoms with Crippen LogP contribution in [0.15, 0.2) is 84.9 Å². The number of benzene rings is 3. The molecule has 0 fully saturated rings. The third-order valence-electron chi connectivity index (χ3n) is 3.99. The molecule has 114 valence electrons. The molecule has 0 aliphatic heterocycles. The Balaban J connectivity index is 2.36. The van der Waals surface area contributed by atoms with E-state index in [0.717, 1.165) is 0 Å². The molecule has 0 saturated heterocycles. The Bertz CT molecular complexity index is 760. The summed E-state index contributed by atoms with van der Waals surface area (Å²) >= 11 is 0. The normalized spacial score (nSPS) is 11.1. The topological polar surface area (TPSA) is 69.2 Å². The van der Waals surface area contributed by atoms with Gasteiger partial charge in [-0.1, -0.05) is 60.7 Å². The number of rotatable bonds is 4. The highest BCUT2D eigenvalue weighted by molar-refractivity contribution is 5.50. The summed E-state index contributed by atoms with van der Waals surface area (Å²) in [5, 5.41) is 12.3. The lowest BCUT2D eigenvalue weighted by molar-refractivity contribution is -0.553. The Morgan fingerprint density at radius 3 is 1.48 bits per heavy atom. The number of nitrogen functional groups attached to an aromatic ring is 1. The van der Waals surface area contributed by atoms with E-state index >= 15 is 0 Å². The second-order valence-electron chi connectivity index (χ2n) is 5.32. The van der Waals surface area contributed by atoms with Gasteiger partial charge in [0.2, 0.25) is 0 Å². The summed E-state index contributed by atoms with van der Waals surface area (Å²) in [5.41, 5.74) is 6.67. The molecule has 0 saturated carbocycles. The molecule has 3 rings (SSSR count). The fourth-order valence-electron chi connectivity index (χ4n) is 2.90. The maximum atomic E-state index is 12.3. The molecule has 0 heterocycles. The van der Waals surface area contributed by atoms with Gasteiger partial charge < -0.3 is 5.73 Å². The molecule has 0 bridgehead atoms. The molecule has 4 nitrogen and oxygen atoms in total. The van der Waals surface area contributed by atoms with Crippen LogP contribution < -0.4 is 5.73 Å². The van der Waals surface area contributed by atoms with Gasteiger partial charge in [0.25, 0.3) is 5.54 Å². The minimum Gasteiger partial charge on any atom is -0.399 e. The van der Waals surface area contributed by atoms with E-state index in [2.05, 4.69) is 0 Å². The van der Waals surface area contributed by atoms with Gasteiger partial charge in [-0.25, -0.2) is 0 Å². The van der Waals surface area contributed by atoms with E-state index in [1.807, 2.05) is 36.4 Å². The van der Waals surface area contributed by atoms with E-state index in [0.29, 0.717) is 22.4 Å². The lowest BCUT2D eigenvalue weighted by Gasteiger charge is -2.27. The smallest absolute Gasteiger partial charge is 0.297 e. The highest BCUT2D eigenvalue weighted by Crippen LogP contribution is 2.39. The molecule has 3 aromatic carbocycles. The highest BCUT2D eigenvalue weighted by atomic mass is 16.6. The zero-order valence-corrected chi connectivity index (χ0v) is 12.4. The molecule has 0 amide bonds. The maximum absolute atomic E-state index is 12.3. The van der Waals surface area contributed by atoms with E-state index in [9.17, 15) is 10.1 Å². The molecular formula is C19H16N2O2. The monoisotopic (exact) mass is 304 g/mol. The van der Waals surface area contributed by atoms with Crippen molar-refractivity contribution in [1.29, 1.82) is 0 Å². The van der Waals surface area contributed by atoms with E-state index in [-0.39, 0.29) is 4.92 Å². The summed E-state index contributed by atoms with van der Waals surface area (Å²) < 4.78 is 0. The van der Waals surface area contributed by atoms with Crippen LogP contribution in [-0.4, -0.2) is 4.92 Å². The average molecular weight is 304 g/mol. The van der Waals surface area contributed by atoms with Crippen LogP contribution >= 0.6 is 0 Å². The van der Waals surface area contributed by atoms with Crippen LogP contribution in [0.25, 0.3) is 0 Å². The SMILES string of the molecule is Nc1ccc(C(c2ccccc2)(c2ccccc2)[N+](=O)[O-])cc1. The molecule has 0 atom stereocenters. The summed E-state index contributed by atoms with van der Waals surface area (Å²) in [5.74, 6) is 0. The first-order chi connectivity index (χ1) is 11.2. The van der Waals surface area contributed by atoms with Crippen molar-refractivity contribution in [2.45, 2.75) is 5.54 Å². The number of hydrogen-bond acceptors (Lipinski definition) is 3. The van der Waals surface area contributed by atoms with Crippen LogP contribution in [0.3, 0.4) is 0 Å². The third-order valence-corrected chi connectivity index (χ3v) is 3.99. The fraction of sp³-hybridized carbons (Fsp3) is 0.0526. The molecule has 3 aromatic rings. The van der Waals surface area contributed by atoms with Crippen LogP contribution in [0, 0.1) is 10.1 Å². The number of nitrogens with two attached hydrogens (primary N) is 1. The number of nitro groups is 1. The molecule has 23 heavy (non-hydrogen) atoms. The van der Waals surface area contributed by atoms with Gasteiger partial charge in [0.1, 0.15) is 0 Å². The van der Waals surface area contributed by atoms with Gasteiger partial charge in [-0.15, -0.1) is 0 Å². The lowest BCUT2D eigenvalue weighted by atomic mass is 9.77. The van der Waals surface area contributed by atoms with Gasteiger partial charge in [0.05, 0.1) is 0 Å². The Hall–Kier alpha value is -3.14. The van der Waals surface area contributed by atoms with Gasteiger partial charge in [-0.2, -0.15) is 0 Å². The first kappa shape index (κ1) is 14.8. The first-order valence-corrected chi connectivity index (χ1v) is 7.27. The van der Waals surface area contributed by atoms with Crippen molar-refractivity contribution in [1.82, 2.24) is 0 Å². The Morgan fingerprint density at radius 2 is 1.09 bits per heavy atom. The Labute approximate surface area is 134 Å². The maximum Gasteiger partial charge on any atom is 0.297 e. The first-order valence-electron chi connectivity index (χ1n) is 7.27. The number of anilines is 1. The fourth-order valence-corrected chi connectivity index (χ4v) is 2.90. The second-order valence-corrected chi connectivity index (χ2v) is 5.32. The van der Waals surface area contributed by atoms with Crippen molar-refractivity contribution < 1.29 is 4.92 Å². The molecule has 0 unspecified atom stereocenters. The van der Waals surface area contributed by atoms with E-state index < -0.39 is 5.54 Å².